The van der Waals surface area contributed by atoms with Gasteiger partial charge in [0.2, 0.25) is 0 Å². The molecule has 0 radical (unpaired) electrons. The molecular formula is C23H26N4OS. The molecule has 0 aliphatic carbocycles. The molecule has 3 aromatic rings. The number of fused-ring (bicyclic) bond motifs is 1. The standard InChI is InChI=1S/C23H26N4OS/c1-16(13-17-7-5-4-6-8-17)22(28)24-18-9-10-20-21(14-18)29-23(25-20)27-12-11-19(15-27)26(2)3/h4-10,13-14,19H,11-12,15H2,1-3H3,(H,24,28)/b16-13+/t19-/m1/s1. The van der Waals surface area contributed by atoms with E-state index in [1.165, 1.54) is 0 Å². The maximum atomic E-state index is 12.6. The van der Waals surface area contributed by atoms with Crippen LogP contribution in [0.5, 0.6) is 0 Å². The Bertz CT molecular complexity index is 1040. The lowest BCUT2D eigenvalue weighted by Crippen LogP contribution is -2.31. The van der Waals surface area contributed by atoms with Gasteiger partial charge >= 0.3 is 0 Å². The molecule has 2 heterocycles. The average Bonchev–Trinajstić information content (AvgIpc) is 3.35. The van der Waals surface area contributed by atoms with Gasteiger partial charge in [0.1, 0.15) is 0 Å². The average molecular weight is 407 g/mol. The number of hydrogen-bond acceptors (Lipinski definition) is 5. The van der Waals surface area contributed by atoms with Crippen molar-refractivity contribution < 1.29 is 4.79 Å². The molecule has 150 valence electrons. The number of rotatable bonds is 5. The monoisotopic (exact) mass is 406 g/mol. The van der Waals surface area contributed by atoms with Gasteiger partial charge in [0, 0.05) is 30.4 Å². The van der Waals surface area contributed by atoms with Crippen LogP contribution in [-0.2, 0) is 4.79 Å². The maximum absolute atomic E-state index is 12.6. The van der Waals surface area contributed by atoms with Gasteiger partial charge in [-0.1, -0.05) is 41.7 Å². The number of carbonyl (C=O) groups excluding carboxylic acids is 1. The van der Waals surface area contributed by atoms with Crippen LogP contribution < -0.4 is 10.2 Å². The molecule has 0 bridgehead atoms. The minimum atomic E-state index is -0.0914. The van der Waals surface area contributed by atoms with Gasteiger partial charge in [-0.15, -0.1) is 0 Å². The molecule has 1 aromatic heterocycles. The fourth-order valence-electron chi connectivity index (χ4n) is 3.56. The maximum Gasteiger partial charge on any atom is 0.251 e. The van der Waals surface area contributed by atoms with Crippen LogP contribution in [0.3, 0.4) is 0 Å². The van der Waals surface area contributed by atoms with Crippen molar-refractivity contribution in [3.63, 3.8) is 0 Å². The fraction of sp³-hybridized carbons (Fsp3) is 0.304. The van der Waals surface area contributed by atoms with Crippen LogP contribution in [0.4, 0.5) is 10.8 Å². The second kappa shape index (κ2) is 8.35. The first-order chi connectivity index (χ1) is 14.0. The lowest BCUT2D eigenvalue weighted by molar-refractivity contribution is -0.112. The summed E-state index contributed by atoms with van der Waals surface area (Å²) in [5, 5.41) is 4.07. The van der Waals surface area contributed by atoms with Gasteiger partial charge in [-0.2, -0.15) is 0 Å². The van der Waals surface area contributed by atoms with E-state index in [2.05, 4.69) is 29.2 Å². The van der Waals surface area contributed by atoms with Crippen LogP contribution in [0.2, 0.25) is 0 Å². The third kappa shape index (κ3) is 4.49. The van der Waals surface area contributed by atoms with E-state index in [0.29, 0.717) is 11.6 Å². The van der Waals surface area contributed by atoms with Crippen molar-refractivity contribution in [3.8, 4) is 0 Å². The summed E-state index contributed by atoms with van der Waals surface area (Å²) in [6.45, 7) is 3.88. The molecule has 1 saturated heterocycles. The molecule has 1 aliphatic rings. The van der Waals surface area contributed by atoms with Crippen LogP contribution in [0, 0.1) is 0 Å². The Morgan fingerprint density at radius 2 is 2.03 bits per heavy atom. The summed E-state index contributed by atoms with van der Waals surface area (Å²) in [4.78, 5) is 22.0. The Morgan fingerprint density at radius 3 is 2.76 bits per heavy atom. The Hall–Kier alpha value is -2.70. The fourth-order valence-corrected chi connectivity index (χ4v) is 4.60. The summed E-state index contributed by atoms with van der Waals surface area (Å²) in [5.74, 6) is -0.0914. The molecule has 1 amide bonds. The molecule has 6 heteroatoms. The topological polar surface area (TPSA) is 48.5 Å². The summed E-state index contributed by atoms with van der Waals surface area (Å²) in [5.41, 5.74) is 3.47. The number of amides is 1. The molecule has 1 N–H and O–H groups in total. The Kier molecular flexibility index (Phi) is 5.65. The van der Waals surface area contributed by atoms with Crippen molar-refractivity contribution in [2.45, 2.75) is 19.4 Å². The van der Waals surface area contributed by atoms with Crippen molar-refractivity contribution in [2.24, 2.45) is 0 Å². The summed E-state index contributed by atoms with van der Waals surface area (Å²) < 4.78 is 1.09. The lowest BCUT2D eigenvalue weighted by atomic mass is 10.1. The van der Waals surface area contributed by atoms with Gasteiger partial charge < -0.3 is 15.1 Å². The molecule has 1 atom stereocenters. The number of carbonyl (C=O) groups is 1. The van der Waals surface area contributed by atoms with Gasteiger partial charge in [-0.05, 0) is 57.3 Å². The van der Waals surface area contributed by atoms with Crippen molar-refractivity contribution in [1.82, 2.24) is 9.88 Å². The molecular weight excluding hydrogens is 380 g/mol. The smallest absolute Gasteiger partial charge is 0.251 e. The molecule has 0 unspecified atom stereocenters. The molecule has 2 aromatic carbocycles. The third-order valence-electron chi connectivity index (χ3n) is 5.34. The zero-order valence-electron chi connectivity index (χ0n) is 17.1. The SMILES string of the molecule is C/C(=C\c1ccccc1)C(=O)Nc1ccc2nc(N3CC[C@@H](N(C)C)C3)sc2c1. The van der Waals surface area contributed by atoms with E-state index >= 15 is 0 Å². The van der Waals surface area contributed by atoms with Crippen molar-refractivity contribution in [2.75, 3.05) is 37.4 Å². The number of hydrogen-bond donors (Lipinski definition) is 1. The van der Waals surface area contributed by atoms with E-state index in [1.54, 1.807) is 11.3 Å². The number of nitrogens with zero attached hydrogens (tertiary/aromatic N) is 3. The van der Waals surface area contributed by atoms with Crippen LogP contribution in [0.15, 0.2) is 54.1 Å². The predicted molar refractivity (Wildman–Crippen MR) is 123 cm³/mol. The van der Waals surface area contributed by atoms with E-state index in [1.807, 2.05) is 61.5 Å². The van der Waals surface area contributed by atoms with Crippen LogP contribution in [-0.4, -0.2) is 49.0 Å². The third-order valence-corrected chi connectivity index (χ3v) is 6.42. The number of benzene rings is 2. The zero-order valence-corrected chi connectivity index (χ0v) is 17.9. The summed E-state index contributed by atoms with van der Waals surface area (Å²) in [6.07, 6.45) is 3.06. The van der Waals surface area contributed by atoms with Crippen LogP contribution in [0.25, 0.3) is 16.3 Å². The molecule has 1 fully saturated rings. The Labute approximate surface area is 175 Å². The predicted octanol–water partition coefficient (Wildman–Crippen LogP) is 4.48. The molecule has 0 spiro atoms. The highest BCUT2D eigenvalue weighted by Gasteiger charge is 2.26. The van der Waals surface area contributed by atoms with Crippen LogP contribution >= 0.6 is 11.3 Å². The number of nitrogens with one attached hydrogen (secondary N) is 1. The van der Waals surface area contributed by atoms with E-state index in [9.17, 15) is 4.79 Å². The second-order valence-corrected chi connectivity index (χ2v) is 8.73. The zero-order chi connectivity index (χ0) is 20.4. The first-order valence-corrected chi connectivity index (χ1v) is 10.7. The van der Waals surface area contributed by atoms with Gasteiger partial charge in [0.25, 0.3) is 5.91 Å². The number of aromatic nitrogens is 1. The number of likely N-dealkylation sites (N-methyl/N-ethyl adjacent to an activating group) is 1. The number of anilines is 2. The van der Waals surface area contributed by atoms with E-state index < -0.39 is 0 Å². The van der Waals surface area contributed by atoms with Crippen molar-refractivity contribution in [3.05, 3.63) is 59.7 Å². The van der Waals surface area contributed by atoms with Gasteiger partial charge in [0.15, 0.2) is 5.13 Å². The first-order valence-electron chi connectivity index (χ1n) is 9.86. The summed E-state index contributed by atoms with van der Waals surface area (Å²) in [6, 6.07) is 16.4. The summed E-state index contributed by atoms with van der Waals surface area (Å²) >= 11 is 1.69. The quantitative estimate of drug-likeness (QED) is 0.635. The highest BCUT2D eigenvalue weighted by atomic mass is 32.1. The van der Waals surface area contributed by atoms with E-state index in [4.69, 9.17) is 4.98 Å². The highest BCUT2D eigenvalue weighted by Crippen LogP contribution is 2.33. The van der Waals surface area contributed by atoms with Gasteiger partial charge in [-0.25, -0.2) is 4.98 Å². The summed E-state index contributed by atoms with van der Waals surface area (Å²) in [7, 11) is 4.27. The van der Waals surface area contributed by atoms with Gasteiger partial charge in [-0.3, -0.25) is 4.79 Å². The van der Waals surface area contributed by atoms with Crippen molar-refractivity contribution >= 4 is 44.4 Å². The minimum Gasteiger partial charge on any atom is -0.346 e. The Balaban J connectivity index is 1.48. The second-order valence-electron chi connectivity index (χ2n) is 7.72. The molecule has 1 aliphatic heterocycles. The van der Waals surface area contributed by atoms with E-state index in [0.717, 1.165) is 46.1 Å². The highest BCUT2D eigenvalue weighted by molar-refractivity contribution is 7.22. The molecule has 0 saturated carbocycles. The first kappa shape index (κ1) is 19.6. The van der Waals surface area contributed by atoms with Gasteiger partial charge in [0.05, 0.1) is 10.2 Å². The van der Waals surface area contributed by atoms with E-state index in [-0.39, 0.29) is 5.91 Å². The number of thiazole rings is 1. The minimum absolute atomic E-state index is 0.0914. The largest absolute Gasteiger partial charge is 0.346 e. The Morgan fingerprint density at radius 1 is 1.24 bits per heavy atom. The molecule has 4 rings (SSSR count). The normalized spacial score (nSPS) is 17.3. The van der Waals surface area contributed by atoms with Crippen molar-refractivity contribution in [1.29, 1.82) is 0 Å². The molecule has 29 heavy (non-hydrogen) atoms. The molecule has 5 nitrogen and oxygen atoms in total. The van der Waals surface area contributed by atoms with Crippen LogP contribution in [0.1, 0.15) is 18.9 Å². The lowest BCUT2D eigenvalue weighted by Gasteiger charge is -2.19.